The molecule has 0 aliphatic carbocycles. The molecule has 0 aliphatic rings. The van der Waals surface area contributed by atoms with Gasteiger partial charge in [0.1, 0.15) is 18.0 Å². The highest BCUT2D eigenvalue weighted by Gasteiger charge is 2.15. The molecule has 3 N–H and O–H groups in total. The molecule has 0 radical (unpaired) electrons. The number of nitrogens with one attached hydrogen (secondary N) is 3. The normalized spacial score (nSPS) is 10.9. The SMILES string of the molecule is [C-]#[N+]c1ccc2nc(NC(=O)Nc3cccc(OCCOCCNC(=O)OC(C)(C)C)c3)sc2c1. The third-order valence-electron chi connectivity index (χ3n) is 4.22. The van der Waals surface area contributed by atoms with Gasteiger partial charge in [-0.1, -0.05) is 23.5 Å². The first kappa shape index (κ1) is 25.7. The number of hydrogen-bond acceptors (Lipinski definition) is 7. The zero-order valence-corrected chi connectivity index (χ0v) is 20.5. The van der Waals surface area contributed by atoms with E-state index in [0.717, 1.165) is 10.2 Å². The molecule has 0 fully saturated rings. The fourth-order valence-corrected chi connectivity index (χ4v) is 3.71. The summed E-state index contributed by atoms with van der Waals surface area (Å²) >= 11 is 1.30. The first-order chi connectivity index (χ1) is 16.7. The van der Waals surface area contributed by atoms with E-state index in [2.05, 4.69) is 25.8 Å². The van der Waals surface area contributed by atoms with E-state index in [-0.39, 0.29) is 0 Å². The van der Waals surface area contributed by atoms with Crippen molar-refractivity contribution in [1.29, 1.82) is 0 Å². The Hall–Kier alpha value is -3.88. The van der Waals surface area contributed by atoms with E-state index in [1.165, 1.54) is 11.3 Å². The van der Waals surface area contributed by atoms with Crippen molar-refractivity contribution < 1.29 is 23.8 Å². The molecule has 0 unspecified atom stereocenters. The van der Waals surface area contributed by atoms with Crippen molar-refractivity contribution in [3.63, 3.8) is 0 Å². The lowest BCUT2D eigenvalue weighted by Gasteiger charge is -2.19. The zero-order chi connectivity index (χ0) is 25.3. The minimum atomic E-state index is -0.539. The largest absolute Gasteiger partial charge is 0.491 e. The molecule has 3 aromatic rings. The number of hydrogen-bond donors (Lipinski definition) is 3. The Kier molecular flexibility index (Phi) is 8.83. The van der Waals surface area contributed by atoms with Gasteiger partial charge in [0.2, 0.25) is 0 Å². The second-order valence-corrected chi connectivity index (χ2v) is 9.31. The number of alkyl carbamates (subject to hydrolysis) is 1. The highest BCUT2D eigenvalue weighted by molar-refractivity contribution is 7.22. The molecule has 1 heterocycles. The van der Waals surface area contributed by atoms with Gasteiger partial charge in [0.25, 0.3) is 0 Å². The van der Waals surface area contributed by atoms with Crippen LogP contribution in [0.1, 0.15) is 20.8 Å². The van der Waals surface area contributed by atoms with Crippen molar-refractivity contribution in [1.82, 2.24) is 10.3 Å². The number of carbonyl (C=O) groups excluding carboxylic acids is 2. The van der Waals surface area contributed by atoms with Crippen LogP contribution in [0.15, 0.2) is 42.5 Å². The number of nitrogens with zero attached hydrogens (tertiary/aromatic N) is 2. The average molecular weight is 498 g/mol. The summed E-state index contributed by atoms with van der Waals surface area (Å²) in [6, 6.07) is 11.7. The van der Waals surface area contributed by atoms with E-state index >= 15 is 0 Å². The average Bonchev–Trinajstić information content (AvgIpc) is 3.18. The lowest BCUT2D eigenvalue weighted by molar-refractivity contribution is 0.0489. The molecule has 10 nitrogen and oxygen atoms in total. The number of carbonyl (C=O) groups is 2. The Labute approximate surface area is 207 Å². The van der Waals surface area contributed by atoms with Gasteiger partial charge in [-0.3, -0.25) is 5.32 Å². The highest BCUT2D eigenvalue weighted by atomic mass is 32.1. The predicted molar refractivity (Wildman–Crippen MR) is 136 cm³/mol. The molecule has 1 aromatic heterocycles. The van der Waals surface area contributed by atoms with Crippen LogP contribution < -0.4 is 20.7 Å². The first-order valence-corrected chi connectivity index (χ1v) is 11.7. The second kappa shape index (κ2) is 12.0. The van der Waals surface area contributed by atoms with E-state index < -0.39 is 17.7 Å². The van der Waals surface area contributed by atoms with Crippen molar-refractivity contribution in [3.05, 3.63) is 53.9 Å². The van der Waals surface area contributed by atoms with Crippen LogP contribution in [0, 0.1) is 6.57 Å². The van der Waals surface area contributed by atoms with Gasteiger partial charge in [0, 0.05) is 23.0 Å². The standard InChI is InChI=1S/C24H27N5O5S/c1-24(2,3)34-23(31)26-10-11-32-12-13-33-18-7-5-6-17(14-18)27-21(30)29-22-28-19-9-8-16(25-4)15-20(19)35-22/h5-9,14-15H,10-13H2,1-3H3,(H,26,31)(H2,27,28,29,30). The van der Waals surface area contributed by atoms with Crippen LogP contribution in [0.2, 0.25) is 0 Å². The van der Waals surface area contributed by atoms with Crippen LogP contribution >= 0.6 is 11.3 Å². The Bertz CT molecular complexity index is 1210. The van der Waals surface area contributed by atoms with Crippen molar-refractivity contribution in [2.45, 2.75) is 26.4 Å². The van der Waals surface area contributed by atoms with Gasteiger partial charge in [-0.15, -0.1) is 0 Å². The summed E-state index contributed by atoms with van der Waals surface area (Å²) < 4.78 is 17.1. The monoisotopic (exact) mass is 497 g/mol. The molecule has 3 rings (SSSR count). The molecular formula is C24H27N5O5S. The van der Waals surface area contributed by atoms with Gasteiger partial charge < -0.3 is 24.8 Å². The van der Waals surface area contributed by atoms with Crippen molar-refractivity contribution in [2.75, 3.05) is 37.0 Å². The number of fused-ring (bicyclic) bond motifs is 1. The summed E-state index contributed by atoms with van der Waals surface area (Å²) in [5.74, 6) is 0.574. The van der Waals surface area contributed by atoms with Gasteiger partial charge in [0.05, 0.1) is 25.3 Å². The second-order valence-electron chi connectivity index (χ2n) is 8.28. The summed E-state index contributed by atoms with van der Waals surface area (Å²) in [5.41, 5.74) is 1.26. The third-order valence-corrected chi connectivity index (χ3v) is 5.16. The number of urea groups is 1. The Morgan fingerprint density at radius 1 is 1.09 bits per heavy atom. The van der Waals surface area contributed by atoms with Crippen LogP contribution in [0.4, 0.5) is 26.1 Å². The molecule has 0 saturated carbocycles. The molecule has 0 atom stereocenters. The molecule has 0 bridgehead atoms. The van der Waals surface area contributed by atoms with E-state index in [1.54, 1.807) is 63.2 Å². The molecule has 2 aromatic carbocycles. The van der Waals surface area contributed by atoms with E-state index in [4.69, 9.17) is 20.8 Å². The van der Waals surface area contributed by atoms with Gasteiger partial charge in [-0.25, -0.2) is 19.4 Å². The highest BCUT2D eigenvalue weighted by Crippen LogP contribution is 2.29. The Balaban J connectivity index is 1.38. The fraction of sp³-hybridized carbons (Fsp3) is 0.333. The summed E-state index contributed by atoms with van der Waals surface area (Å²) in [4.78, 5) is 31.7. The smallest absolute Gasteiger partial charge is 0.407 e. The fourth-order valence-electron chi connectivity index (χ4n) is 2.82. The van der Waals surface area contributed by atoms with E-state index in [0.29, 0.717) is 48.6 Å². The maximum Gasteiger partial charge on any atom is 0.407 e. The van der Waals surface area contributed by atoms with Crippen LogP contribution in [0.5, 0.6) is 5.75 Å². The number of anilines is 2. The summed E-state index contributed by atoms with van der Waals surface area (Å²) in [5, 5.41) is 8.51. The van der Waals surface area contributed by atoms with Crippen LogP contribution in [-0.2, 0) is 9.47 Å². The molecule has 0 spiro atoms. The summed E-state index contributed by atoms with van der Waals surface area (Å²) in [7, 11) is 0. The molecular weight excluding hydrogens is 470 g/mol. The third kappa shape index (κ3) is 8.77. The summed E-state index contributed by atoms with van der Waals surface area (Å²) in [6.45, 7) is 13.8. The maximum absolute atomic E-state index is 12.4. The number of amides is 3. The maximum atomic E-state index is 12.4. The topological polar surface area (TPSA) is 115 Å². The Morgan fingerprint density at radius 3 is 2.69 bits per heavy atom. The Morgan fingerprint density at radius 2 is 1.91 bits per heavy atom. The van der Waals surface area contributed by atoms with Gasteiger partial charge in [0.15, 0.2) is 10.8 Å². The number of aromatic nitrogens is 1. The number of ether oxygens (including phenoxy) is 3. The predicted octanol–water partition coefficient (Wildman–Crippen LogP) is 5.41. The minimum Gasteiger partial charge on any atom is -0.491 e. The quantitative estimate of drug-likeness (QED) is 0.269. The van der Waals surface area contributed by atoms with Crippen molar-refractivity contribution in [3.8, 4) is 5.75 Å². The lowest BCUT2D eigenvalue weighted by atomic mass is 10.2. The van der Waals surface area contributed by atoms with Crippen LogP contribution in [0.3, 0.4) is 0 Å². The zero-order valence-electron chi connectivity index (χ0n) is 19.7. The van der Waals surface area contributed by atoms with Crippen LogP contribution in [-0.4, -0.2) is 49.1 Å². The molecule has 35 heavy (non-hydrogen) atoms. The molecule has 3 amide bonds. The van der Waals surface area contributed by atoms with Crippen molar-refractivity contribution >= 4 is 50.2 Å². The van der Waals surface area contributed by atoms with Crippen molar-refractivity contribution in [2.24, 2.45) is 0 Å². The van der Waals surface area contributed by atoms with E-state index in [1.807, 2.05) is 0 Å². The van der Waals surface area contributed by atoms with Crippen LogP contribution in [0.25, 0.3) is 15.1 Å². The number of rotatable bonds is 9. The molecule has 184 valence electrons. The molecule has 11 heteroatoms. The number of thiazole rings is 1. The summed E-state index contributed by atoms with van der Waals surface area (Å²) in [6.07, 6.45) is -0.483. The minimum absolute atomic E-state index is 0.306. The first-order valence-electron chi connectivity index (χ1n) is 10.9. The van der Waals surface area contributed by atoms with E-state index in [9.17, 15) is 9.59 Å². The molecule has 0 aliphatic heterocycles. The molecule has 0 saturated heterocycles. The van der Waals surface area contributed by atoms with Gasteiger partial charge in [-0.2, -0.15) is 0 Å². The lowest BCUT2D eigenvalue weighted by Crippen LogP contribution is -2.34. The van der Waals surface area contributed by atoms with Gasteiger partial charge >= 0.3 is 12.1 Å². The number of benzene rings is 2. The van der Waals surface area contributed by atoms with Gasteiger partial charge in [-0.05, 0) is 45.0 Å².